The Kier molecular flexibility index (Phi) is 3.32. The quantitative estimate of drug-likeness (QED) is 0.755. The molecule has 0 aliphatic heterocycles. The van der Waals surface area contributed by atoms with Crippen molar-refractivity contribution in [1.29, 1.82) is 0 Å². The van der Waals surface area contributed by atoms with Gasteiger partial charge in [0, 0.05) is 0 Å². The van der Waals surface area contributed by atoms with Crippen molar-refractivity contribution in [2.45, 2.75) is 12.3 Å². The zero-order valence-electron chi connectivity index (χ0n) is 9.25. The second-order valence-corrected chi connectivity index (χ2v) is 5.36. The summed E-state index contributed by atoms with van der Waals surface area (Å²) in [4.78, 5) is 0. The molecule has 0 saturated heterocycles. The number of aromatic nitrogens is 4. The van der Waals surface area contributed by atoms with Gasteiger partial charge in [-0.1, -0.05) is 39.0 Å². The highest BCUT2D eigenvalue weighted by atomic mass is 31.1. The van der Waals surface area contributed by atoms with Gasteiger partial charge in [0.1, 0.15) is 0 Å². The van der Waals surface area contributed by atoms with E-state index in [-0.39, 0.29) is 5.41 Å². The van der Waals surface area contributed by atoms with Gasteiger partial charge < -0.3 is 0 Å². The van der Waals surface area contributed by atoms with Crippen molar-refractivity contribution in [3.8, 4) is 0 Å². The van der Waals surface area contributed by atoms with Crippen LogP contribution in [0.15, 0.2) is 35.7 Å². The van der Waals surface area contributed by atoms with Crippen molar-refractivity contribution in [1.82, 2.24) is 20.0 Å². The van der Waals surface area contributed by atoms with E-state index < -0.39 is 0 Å². The van der Waals surface area contributed by atoms with Gasteiger partial charge in [-0.2, -0.15) is 0 Å². The summed E-state index contributed by atoms with van der Waals surface area (Å²) in [7, 11) is 3.28. The first-order valence-corrected chi connectivity index (χ1v) is 6.98. The second-order valence-electron chi connectivity index (χ2n) is 3.80. The van der Waals surface area contributed by atoms with E-state index >= 15 is 0 Å². The fourth-order valence-corrected chi connectivity index (χ4v) is 2.76. The summed E-state index contributed by atoms with van der Waals surface area (Å²) >= 11 is 0. The minimum absolute atomic E-state index is 0.243. The highest BCUT2D eigenvalue weighted by Gasteiger charge is 2.27. The monoisotopic (exact) mass is 252 g/mol. The maximum absolute atomic E-state index is 4.08. The van der Waals surface area contributed by atoms with E-state index in [0.717, 1.165) is 14.4 Å². The van der Waals surface area contributed by atoms with Crippen LogP contribution >= 0.6 is 18.0 Å². The van der Waals surface area contributed by atoms with E-state index in [1.807, 2.05) is 6.08 Å². The van der Waals surface area contributed by atoms with Crippen LogP contribution < -0.4 is 0 Å². The molecule has 3 atom stereocenters. The van der Waals surface area contributed by atoms with Gasteiger partial charge in [0.15, 0.2) is 5.82 Å². The normalized spacial score (nSPS) is 25.1. The van der Waals surface area contributed by atoms with Crippen LogP contribution in [0.3, 0.4) is 0 Å². The fourth-order valence-electron chi connectivity index (χ4n) is 1.68. The average Bonchev–Trinajstić information content (AvgIpc) is 2.60. The Morgan fingerprint density at radius 2 is 2.25 bits per heavy atom. The van der Waals surface area contributed by atoms with Crippen LogP contribution in [0.4, 0.5) is 0 Å². The van der Waals surface area contributed by atoms with Crippen molar-refractivity contribution in [3.05, 3.63) is 41.5 Å². The zero-order valence-corrected chi connectivity index (χ0v) is 11.4. The van der Waals surface area contributed by atoms with Gasteiger partial charge in [0.2, 0.25) is 0 Å². The molecule has 0 radical (unpaired) electrons. The number of allylic oxidation sites excluding steroid dienone is 6. The molecule has 1 heterocycles. The first kappa shape index (κ1) is 11.6. The Bertz CT molecular complexity index is 475. The maximum atomic E-state index is 4.08. The molecule has 0 bridgehead atoms. The SMILES string of the molecule is CPC1=CC(C)(c2nnnn2P)C=CC=C1. The lowest BCUT2D eigenvalue weighted by Gasteiger charge is -2.19. The molecule has 2 rings (SSSR count). The molecular weight excluding hydrogens is 238 g/mol. The molecule has 6 heteroatoms. The van der Waals surface area contributed by atoms with Gasteiger partial charge in [0.05, 0.1) is 5.41 Å². The summed E-state index contributed by atoms with van der Waals surface area (Å²) in [6, 6.07) is 0. The highest BCUT2D eigenvalue weighted by Crippen LogP contribution is 2.33. The molecule has 0 fully saturated rings. The van der Waals surface area contributed by atoms with Crippen LogP contribution in [0.2, 0.25) is 0 Å². The summed E-state index contributed by atoms with van der Waals surface area (Å²) in [6.45, 7) is 4.29. The molecule has 0 spiro atoms. The molecule has 1 aromatic heterocycles. The van der Waals surface area contributed by atoms with Gasteiger partial charge in [-0.25, -0.2) is 4.45 Å². The smallest absolute Gasteiger partial charge is 0.167 e. The van der Waals surface area contributed by atoms with Crippen LogP contribution in [-0.4, -0.2) is 26.6 Å². The largest absolute Gasteiger partial charge is 0.214 e. The Morgan fingerprint density at radius 3 is 2.88 bits per heavy atom. The molecule has 4 nitrogen and oxygen atoms in total. The first-order valence-electron chi connectivity index (χ1n) is 4.96. The van der Waals surface area contributed by atoms with Crippen LogP contribution in [0, 0.1) is 0 Å². The Labute approximate surface area is 98.9 Å². The topological polar surface area (TPSA) is 43.6 Å². The molecule has 0 saturated carbocycles. The second kappa shape index (κ2) is 4.57. The molecule has 0 aromatic carbocycles. The van der Waals surface area contributed by atoms with E-state index in [4.69, 9.17) is 0 Å². The molecule has 3 unspecified atom stereocenters. The number of hydrogen-bond donors (Lipinski definition) is 0. The van der Waals surface area contributed by atoms with Gasteiger partial charge >= 0.3 is 0 Å². The van der Waals surface area contributed by atoms with Crippen molar-refractivity contribution in [2.24, 2.45) is 0 Å². The average molecular weight is 252 g/mol. The molecule has 1 aliphatic carbocycles. The Hall–Kier alpha value is -0.850. The van der Waals surface area contributed by atoms with Gasteiger partial charge in [-0.05, 0) is 38.7 Å². The van der Waals surface area contributed by atoms with Crippen molar-refractivity contribution >= 4 is 18.0 Å². The van der Waals surface area contributed by atoms with E-state index in [1.54, 1.807) is 4.45 Å². The Morgan fingerprint density at radius 1 is 1.44 bits per heavy atom. The third-order valence-electron chi connectivity index (χ3n) is 2.55. The summed E-state index contributed by atoms with van der Waals surface area (Å²) < 4.78 is 1.64. The molecule has 0 amide bonds. The summed E-state index contributed by atoms with van der Waals surface area (Å²) in [5.41, 5.74) is -0.243. The van der Waals surface area contributed by atoms with E-state index in [0.29, 0.717) is 0 Å². The van der Waals surface area contributed by atoms with Crippen LogP contribution in [-0.2, 0) is 5.41 Å². The first-order chi connectivity index (χ1) is 7.65. The highest BCUT2D eigenvalue weighted by molar-refractivity contribution is 7.42. The van der Waals surface area contributed by atoms with Crippen molar-refractivity contribution in [3.63, 3.8) is 0 Å². The zero-order chi connectivity index (χ0) is 11.6. The molecule has 84 valence electrons. The van der Waals surface area contributed by atoms with Gasteiger partial charge in [0.25, 0.3) is 0 Å². The minimum Gasteiger partial charge on any atom is -0.214 e. The molecular formula is C10H14N4P2. The lowest BCUT2D eigenvalue weighted by Crippen LogP contribution is -2.20. The van der Waals surface area contributed by atoms with E-state index in [2.05, 4.69) is 62.8 Å². The third kappa shape index (κ3) is 2.14. The standard InChI is InChI=1S/C10H14N4P2/c1-10(9-11-12-13-14(9)15)6-4-3-5-8(7-10)16-2/h3-7,16H,15H2,1-2H3. The number of hydrogen-bond acceptors (Lipinski definition) is 3. The number of tetrazole rings is 1. The minimum atomic E-state index is -0.243. The van der Waals surface area contributed by atoms with Gasteiger partial charge in [-0.3, -0.25) is 0 Å². The van der Waals surface area contributed by atoms with Crippen molar-refractivity contribution < 1.29 is 0 Å². The predicted molar refractivity (Wildman–Crippen MR) is 70.9 cm³/mol. The van der Waals surface area contributed by atoms with Crippen molar-refractivity contribution in [2.75, 3.05) is 6.66 Å². The molecule has 0 N–H and O–H groups in total. The Balaban J connectivity index is 2.49. The molecule has 1 aromatic rings. The fraction of sp³-hybridized carbons (Fsp3) is 0.300. The number of nitrogens with zero attached hydrogens (tertiary/aromatic N) is 4. The lowest BCUT2D eigenvalue weighted by atomic mass is 9.89. The maximum Gasteiger partial charge on any atom is 0.167 e. The van der Waals surface area contributed by atoms with Gasteiger partial charge in [-0.15, -0.1) is 5.10 Å². The molecule has 16 heavy (non-hydrogen) atoms. The number of rotatable bonds is 2. The summed E-state index contributed by atoms with van der Waals surface area (Å²) in [6.07, 6.45) is 10.6. The predicted octanol–water partition coefficient (Wildman–Crippen LogP) is 1.89. The van der Waals surface area contributed by atoms with Crippen LogP contribution in [0.1, 0.15) is 12.7 Å². The summed E-state index contributed by atoms with van der Waals surface area (Å²) in [5.74, 6) is 0.827. The van der Waals surface area contributed by atoms with Crippen LogP contribution in [0.25, 0.3) is 0 Å². The van der Waals surface area contributed by atoms with E-state index in [9.17, 15) is 0 Å². The lowest BCUT2D eigenvalue weighted by molar-refractivity contribution is 0.675. The summed E-state index contributed by atoms with van der Waals surface area (Å²) in [5, 5.41) is 12.9. The van der Waals surface area contributed by atoms with E-state index in [1.165, 1.54) is 5.31 Å². The third-order valence-corrected chi connectivity index (χ3v) is 3.78. The van der Waals surface area contributed by atoms with Crippen LogP contribution in [0.5, 0.6) is 0 Å². The molecule has 1 aliphatic rings.